The number of carbonyl (C=O) groups excluding carboxylic acids is 1. The summed E-state index contributed by atoms with van der Waals surface area (Å²) < 4.78 is 2.45. The Labute approximate surface area is 180 Å². The standard InChI is InChI=1S/C20H16ClN3O3S2/c1-2-11-23-17-13-15(24(26)27)7-10-18(17)29-20(23)22-19(25)4-3-12-28-16-8-5-14(21)6-9-16/h1,5-10,13H,3-4,11-12H2. The average Bonchev–Trinajstić information content (AvgIpc) is 3.03. The van der Waals surface area contributed by atoms with Gasteiger partial charge in [0.15, 0.2) is 4.80 Å². The van der Waals surface area contributed by atoms with Gasteiger partial charge in [0.1, 0.15) is 0 Å². The van der Waals surface area contributed by atoms with Crippen LogP contribution in [0.5, 0.6) is 0 Å². The van der Waals surface area contributed by atoms with Gasteiger partial charge in [-0.15, -0.1) is 18.2 Å². The highest BCUT2D eigenvalue weighted by Crippen LogP contribution is 2.23. The van der Waals surface area contributed by atoms with Crippen LogP contribution in [0.15, 0.2) is 52.4 Å². The molecule has 0 aliphatic rings. The summed E-state index contributed by atoms with van der Waals surface area (Å²) in [7, 11) is 0. The zero-order valence-corrected chi connectivity index (χ0v) is 17.6. The van der Waals surface area contributed by atoms with Gasteiger partial charge < -0.3 is 4.57 Å². The number of nitrogens with zero attached hydrogens (tertiary/aromatic N) is 3. The molecule has 1 heterocycles. The van der Waals surface area contributed by atoms with E-state index >= 15 is 0 Å². The predicted molar refractivity (Wildman–Crippen MR) is 117 cm³/mol. The minimum atomic E-state index is -0.461. The maximum Gasteiger partial charge on any atom is 0.271 e. The van der Waals surface area contributed by atoms with Gasteiger partial charge in [0.25, 0.3) is 5.69 Å². The van der Waals surface area contributed by atoms with Gasteiger partial charge in [-0.3, -0.25) is 14.9 Å². The molecule has 0 fully saturated rings. The lowest BCUT2D eigenvalue weighted by Gasteiger charge is -2.01. The number of hydrogen-bond acceptors (Lipinski definition) is 5. The van der Waals surface area contributed by atoms with Gasteiger partial charge >= 0.3 is 0 Å². The highest BCUT2D eigenvalue weighted by molar-refractivity contribution is 7.99. The van der Waals surface area contributed by atoms with Gasteiger partial charge in [-0.1, -0.05) is 28.9 Å². The highest BCUT2D eigenvalue weighted by atomic mass is 35.5. The molecule has 0 bridgehead atoms. The quantitative estimate of drug-likeness (QED) is 0.170. The van der Waals surface area contributed by atoms with Gasteiger partial charge in [0, 0.05) is 28.5 Å². The molecule has 0 saturated heterocycles. The zero-order chi connectivity index (χ0) is 20.8. The van der Waals surface area contributed by atoms with E-state index in [1.54, 1.807) is 22.4 Å². The molecule has 1 aromatic heterocycles. The average molecular weight is 446 g/mol. The molecule has 0 atom stereocenters. The number of thiazole rings is 1. The fraction of sp³-hybridized carbons (Fsp3) is 0.200. The zero-order valence-electron chi connectivity index (χ0n) is 15.2. The Morgan fingerprint density at radius 1 is 1.31 bits per heavy atom. The second-order valence-electron chi connectivity index (χ2n) is 6.00. The number of halogens is 1. The molecule has 0 radical (unpaired) electrons. The molecule has 29 heavy (non-hydrogen) atoms. The lowest BCUT2D eigenvalue weighted by Crippen LogP contribution is -2.16. The molecular weight excluding hydrogens is 430 g/mol. The van der Waals surface area contributed by atoms with Crippen LogP contribution in [0.25, 0.3) is 10.2 Å². The van der Waals surface area contributed by atoms with Crippen LogP contribution >= 0.6 is 34.7 Å². The topological polar surface area (TPSA) is 77.5 Å². The molecule has 2 aromatic carbocycles. The Kier molecular flexibility index (Phi) is 7.09. The Hall–Kier alpha value is -2.60. The van der Waals surface area contributed by atoms with E-state index in [2.05, 4.69) is 10.9 Å². The Balaban J connectivity index is 1.71. The molecule has 0 N–H and O–H groups in total. The minimum Gasteiger partial charge on any atom is -0.304 e. The molecule has 1 amide bonds. The molecule has 3 aromatic rings. The summed E-state index contributed by atoms with van der Waals surface area (Å²) in [6, 6.07) is 12.1. The van der Waals surface area contributed by atoms with E-state index in [1.165, 1.54) is 23.5 Å². The van der Waals surface area contributed by atoms with Crippen LogP contribution in [0.2, 0.25) is 5.02 Å². The van der Waals surface area contributed by atoms with Gasteiger partial charge in [-0.25, -0.2) is 0 Å². The highest BCUT2D eigenvalue weighted by Gasteiger charge is 2.12. The largest absolute Gasteiger partial charge is 0.304 e. The number of thioether (sulfide) groups is 1. The first-order valence-electron chi connectivity index (χ1n) is 8.65. The Morgan fingerprint density at radius 2 is 2.07 bits per heavy atom. The van der Waals surface area contributed by atoms with E-state index in [4.69, 9.17) is 18.0 Å². The van der Waals surface area contributed by atoms with E-state index in [9.17, 15) is 14.9 Å². The number of amides is 1. The lowest BCUT2D eigenvalue weighted by molar-refractivity contribution is -0.384. The molecule has 3 rings (SSSR count). The van der Waals surface area contributed by atoms with Crippen molar-refractivity contribution in [1.82, 2.24) is 4.57 Å². The summed E-state index contributed by atoms with van der Waals surface area (Å²) in [6.45, 7) is 0.180. The molecule has 0 unspecified atom stereocenters. The van der Waals surface area contributed by atoms with Crippen molar-refractivity contribution in [3.05, 3.63) is 62.4 Å². The fourth-order valence-corrected chi connectivity index (χ4v) is 4.61. The first-order chi connectivity index (χ1) is 14.0. The van der Waals surface area contributed by atoms with Crippen LogP contribution in [0.4, 0.5) is 5.69 Å². The van der Waals surface area contributed by atoms with E-state index in [-0.39, 0.29) is 18.1 Å². The number of non-ortho nitro benzene ring substituents is 1. The minimum absolute atomic E-state index is 0.0295. The summed E-state index contributed by atoms with van der Waals surface area (Å²) in [6.07, 6.45) is 6.43. The number of hydrogen-bond donors (Lipinski definition) is 0. The molecule has 6 nitrogen and oxygen atoms in total. The van der Waals surface area contributed by atoms with Gasteiger partial charge in [-0.2, -0.15) is 4.99 Å². The maximum absolute atomic E-state index is 12.3. The molecule has 0 aliphatic heterocycles. The molecule has 0 spiro atoms. The van der Waals surface area contributed by atoms with E-state index in [0.29, 0.717) is 28.2 Å². The smallest absolute Gasteiger partial charge is 0.271 e. The predicted octanol–water partition coefficient (Wildman–Crippen LogP) is 4.90. The SMILES string of the molecule is C#CCn1c(=NC(=O)CCCSc2ccc(Cl)cc2)sc2ccc([N+](=O)[O-])cc21. The molecule has 0 saturated carbocycles. The first-order valence-corrected chi connectivity index (χ1v) is 10.8. The normalized spacial score (nSPS) is 11.5. The molecular formula is C20H16ClN3O3S2. The van der Waals surface area contributed by atoms with Gasteiger partial charge in [0.05, 0.1) is 21.7 Å². The number of fused-ring (bicyclic) bond motifs is 1. The van der Waals surface area contributed by atoms with E-state index in [1.807, 2.05) is 24.3 Å². The third kappa shape index (κ3) is 5.48. The van der Waals surface area contributed by atoms with Crippen molar-refractivity contribution in [2.45, 2.75) is 24.3 Å². The summed E-state index contributed by atoms with van der Waals surface area (Å²) in [4.78, 5) is 28.6. The van der Waals surface area contributed by atoms with Crippen molar-refractivity contribution in [2.75, 3.05) is 5.75 Å². The number of carbonyl (C=O) groups is 1. The van der Waals surface area contributed by atoms with Crippen molar-refractivity contribution in [2.24, 2.45) is 4.99 Å². The number of benzene rings is 2. The number of aromatic nitrogens is 1. The Morgan fingerprint density at radius 3 is 2.76 bits per heavy atom. The van der Waals surface area contributed by atoms with Crippen LogP contribution < -0.4 is 4.80 Å². The van der Waals surface area contributed by atoms with Crippen molar-refractivity contribution < 1.29 is 9.72 Å². The Bertz CT molecular complexity index is 1160. The van der Waals surface area contributed by atoms with Crippen molar-refractivity contribution in [3.8, 4) is 12.3 Å². The maximum atomic E-state index is 12.3. The summed E-state index contributed by atoms with van der Waals surface area (Å²) in [5.41, 5.74) is 0.574. The van der Waals surface area contributed by atoms with Gasteiger partial charge in [-0.05, 0) is 42.5 Å². The van der Waals surface area contributed by atoms with Crippen molar-refractivity contribution in [3.63, 3.8) is 0 Å². The van der Waals surface area contributed by atoms with Crippen molar-refractivity contribution in [1.29, 1.82) is 0 Å². The van der Waals surface area contributed by atoms with Crippen molar-refractivity contribution >= 4 is 56.5 Å². The second kappa shape index (κ2) is 9.74. The monoisotopic (exact) mass is 445 g/mol. The summed E-state index contributed by atoms with van der Waals surface area (Å²) >= 11 is 8.81. The third-order valence-corrected chi connectivity index (χ3v) is 6.37. The first kappa shape index (κ1) is 21.1. The third-order valence-electron chi connectivity index (χ3n) is 3.96. The summed E-state index contributed by atoms with van der Waals surface area (Å²) in [5.74, 6) is 3.06. The number of nitro benzene ring substituents is 1. The van der Waals surface area contributed by atoms with Crippen LogP contribution in [-0.4, -0.2) is 21.2 Å². The second-order valence-corrected chi connectivity index (χ2v) is 8.61. The van der Waals surface area contributed by atoms with Gasteiger partial charge in [0.2, 0.25) is 5.91 Å². The molecule has 0 aliphatic carbocycles. The van der Waals surface area contributed by atoms with E-state index < -0.39 is 4.92 Å². The summed E-state index contributed by atoms with van der Waals surface area (Å²) in [5, 5.41) is 11.7. The lowest BCUT2D eigenvalue weighted by atomic mass is 10.3. The number of nitro groups is 1. The number of rotatable bonds is 7. The van der Waals surface area contributed by atoms with Crippen LogP contribution in [0.3, 0.4) is 0 Å². The molecule has 9 heteroatoms. The van der Waals surface area contributed by atoms with Crippen LogP contribution in [-0.2, 0) is 11.3 Å². The fourth-order valence-electron chi connectivity index (χ4n) is 2.61. The van der Waals surface area contributed by atoms with Crippen LogP contribution in [0.1, 0.15) is 12.8 Å². The van der Waals surface area contributed by atoms with E-state index in [0.717, 1.165) is 15.3 Å². The number of terminal acetylenes is 1. The molecule has 148 valence electrons. The van der Waals surface area contributed by atoms with Crippen LogP contribution in [0, 0.1) is 22.5 Å².